The van der Waals surface area contributed by atoms with E-state index in [1.165, 1.54) is 17.1 Å². The molecule has 0 aliphatic heterocycles. The van der Waals surface area contributed by atoms with Crippen LogP contribution in [0.5, 0.6) is 0 Å². The maximum Gasteiger partial charge on any atom is 0.406 e. The Labute approximate surface area is 117 Å². The van der Waals surface area contributed by atoms with Crippen LogP contribution in [0.2, 0.25) is 0 Å². The van der Waals surface area contributed by atoms with Crippen LogP contribution in [-0.4, -0.2) is 43.8 Å². The SMILES string of the molecule is CCN(CC(F)(F)F)c1nc(NN)nc(-n2ccnc2)n1. The molecule has 2 aromatic rings. The number of alkyl halides is 3. The molecule has 0 spiro atoms. The van der Waals surface area contributed by atoms with Gasteiger partial charge in [0.15, 0.2) is 0 Å². The number of aromatic nitrogens is 5. The van der Waals surface area contributed by atoms with Crippen LogP contribution in [-0.2, 0) is 0 Å². The molecule has 21 heavy (non-hydrogen) atoms. The van der Waals surface area contributed by atoms with Crippen LogP contribution < -0.4 is 16.2 Å². The lowest BCUT2D eigenvalue weighted by molar-refractivity contribution is -0.119. The van der Waals surface area contributed by atoms with Gasteiger partial charge in [-0.15, -0.1) is 0 Å². The maximum atomic E-state index is 12.6. The highest BCUT2D eigenvalue weighted by Crippen LogP contribution is 2.20. The van der Waals surface area contributed by atoms with E-state index in [9.17, 15) is 13.2 Å². The zero-order valence-electron chi connectivity index (χ0n) is 11.0. The number of imidazole rings is 1. The molecule has 2 heterocycles. The highest BCUT2D eigenvalue weighted by Gasteiger charge is 2.31. The molecule has 0 aliphatic rings. The summed E-state index contributed by atoms with van der Waals surface area (Å²) in [5, 5.41) is 0. The van der Waals surface area contributed by atoms with E-state index in [1.807, 2.05) is 0 Å². The predicted octanol–water partition coefficient (Wildman–Crippen LogP) is 0.732. The number of hydrogen-bond acceptors (Lipinski definition) is 7. The summed E-state index contributed by atoms with van der Waals surface area (Å²) in [5.74, 6) is 5.20. The molecule has 0 amide bonds. The number of rotatable bonds is 5. The molecule has 2 aromatic heterocycles. The molecule has 0 aliphatic carbocycles. The third-order valence-corrected chi connectivity index (χ3v) is 2.51. The van der Waals surface area contributed by atoms with Gasteiger partial charge in [-0.2, -0.15) is 28.1 Å². The highest BCUT2D eigenvalue weighted by molar-refractivity contribution is 5.39. The summed E-state index contributed by atoms with van der Waals surface area (Å²) in [5.41, 5.74) is 2.21. The van der Waals surface area contributed by atoms with Crippen LogP contribution in [0.25, 0.3) is 5.95 Å². The lowest BCUT2D eigenvalue weighted by Crippen LogP contribution is -2.35. The number of hydrogen-bond donors (Lipinski definition) is 2. The van der Waals surface area contributed by atoms with E-state index >= 15 is 0 Å². The first-order chi connectivity index (χ1) is 9.93. The Bertz CT molecular complexity index is 582. The molecule has 2 rings (SSSR count). The molecule has 0 aromatic carbocycles. The minimum atomic E-state index is -4.37. The van der Waals surface area contributed by atoms with Crippen molar-refractivity contribution < 1.29 is 13.2 Å². The van der Waals surface area contributed by atoms with Crippen LogP contribution in [0.15, 0.2) is 18.7 Å². The largest absolute Gasteiger partial charge is 0.406 e. The Hall–Kier alpha value is -2.43. The summed E-state index contributed by atoms with van der Waals surface area (Å²) < 4.78 is 39.1. The molecule has 11 heteroatoms. The fourth-order valence-electron chi connectivity index (χ4n) is 1.59. The number of nitrogens with one attached hydrogen (secondary N) is 1. The second kappa shape index (κ2) is 5.91. The first kappa shape index (κ1) is 15.0. The second-order valence-electron chi connectivity index (χ2n) is 4.00. The summed E-state index contributed by atoms with van der Waals surface area (Å²) in [7, 11) is 0. The Morgan fingerprint density at radius 3 is 2.62 bits per heavy atom. The van der Waals surface area contributed by atoms with Crippen LogP contribution in [0, 0.1) is 0 Å². The van der Waals surface area contributed by atoms with Crippen LogP contribution in [0.1, 0.15) is 6.92 Å². The average Bonchev–Trinajstić information content (AvgIpc) is 2.97. The summed E-state index contributed by atoms with van der Waals surface area (Å²) in [6.07, 6.45) is 0.0966. The van der Waals surface area contributed by atoms with Crippen LogP contribution in [0.3, 0.4) is 0 Å². The quantitative estimate of drug-likeness (QED) is 0.620. The molecule has 0 saturated carbocycles. The number of nitrogens with zero attached hydrogens (tertiary/aromatic N) is 6. The third-order valence-electron chi connectivity index (χ3n) is 2.51. The molecule has 0 radical (unpaired) electrons. The van der Waals surface area contributed by atoms with Crippen molar-refractivity contribution >= 4 is 11.9 Å². The van der Waals surface area contributed by atoms with E-state index in [0.29, 0.717) is 0 Å². The first-order valence-electron chi connectivity index (χ1n) is 5.95. The lowest BCUT2D eigenvalue weighted by atomic mass is 10.5. The normalized spacial score (nSPS) is 11.5. The maximum absolute atomic E-state index is 12.6. The zero-order chi connectivity index (χ0) is 15.5. The molecule has 3 N–H and O–H groups in total. The van der Waals surface area contributed by atoms with E-state index < -0.39 is 12.7 Å². The number of nitrogen functional groups attached to an aromatic ring is 1. The molecule has 114 valence electrons. The van der Waals surface area contributed by atoms with Gasteiger partial charge in [-0.3, -0.25) is 9.99 Å². The van der Waals surface area contributed by atoms with Gasteiger partial charge in [0.25, 0.3) is 0 Å². The van der Waals surface area contributed by atoms with Gasteiger partial charge in [0.2, 0.25) is 17.8 Å². The minimum Gasteiger partial charge on any atom is -0.332 e. The van der Waals surface area contributed by atoms with E-state index in [4.69, 9.17) is 5.84 Å². The van der Waals surface area contributed by atoms with Crippen molar-refractivity contribution in [2.75, 3.05) is 23.4 Å². The topological polar surface area (TPSA) is 97.8 Å². The lowest BCUT2D eigenvalue weighted by Gasteiger charge is -2.22. The summed E-state index contributed by atoms with van der Waals surface area (Å²) in [6, 6.07) is 0. The number of nitrogens with two attached hydrogens (primary N) is 1. The second-order valence-corrected chi connectivity index (χ2v) is 4.00. The number of halogens is 3. The van der Waals surface area contributed by atoms with Gasteiger partial charge in [0.05, 0.1) is 0 Å². The van der Waals surface area contributed by atoms with E-state index in [1.54, 1.807) is 13.1 Å². The fourth-order valence-corrected chi connectivity index (χ4v) is 1.59. The monoisotopic (exact) mass is 302 g/mol. The van der Waals surface area contributed by atoms with Crippen LogP contribution >= 0.6 is 0 Å². The van der Waals surface area contributed by atoms with Gasteiger partial charge in [-0.1, -0.05) is 0 Å². The molecular weight excluding hydrogens is 289 g/mol. The van der Waals surface area contributed by atoms with Crippen molar-refractivity contribution in [1.29, 1.82) is 0 Å². The van der Waals surface area contributed by atoms with Gasteiger partial charge in [0.1, 0.15) is 12.9 Å². The van der Waals surface area contributed by atoms with Crippen LogP contribution in [0.4, 0.5) is 25.1 Å². The van der Waals surface area contributed by atoms with Gasteiger partial charge in [0, 0.05) is 18.9 Å². The van der Waals surface area contributed by atoms with Crippen molar-refractivity contribution in [3.8, 4) is 5.95 Å². The molecule has 0 atom stereocenters. The zero-order valence-corrected chi connectivity index (χ0v) is 11.0. The average molecular weight is 302 g/mol. The molecule has 0 saturated heterocycles. The van der Waals surface area contributed by atoms with E-state index in [-0.39, 0.29) is 24.4 Å². The summed E-state index contributed by atoms with van der Waals surface area (Å²) in [4.78, 5) is 16.6. The van der Waals surface area contributed by atoms with E-state index in [2.05, 4.69) is 25.4 Å². The van der Waals surface area contributed by atoms with Crippen molar-refractivity contribution in [3.05, 3.63) is 18.7 Å². The molecule has 0 bridgehead atoms. The van der Waals surface area contributed by atoms with Gasteiger partial charge >= 0.3 is 6.18 Å². The molecule has 0 unspecified atom stereocenters. The van der Waals surface area contributed by atoms with E-state index in [0.717, 1.165) is 4.90 Å². The highest BCUT2D eigenvalue weighted by atomic mass is 19.4. The summed E-state index contributed by atoms with van der Waals surface area (Å²) in [6.45, 7) is 0.486. The molecule has 0 fully saturated rings. The molecule has 8 nitrogen and oxygen atoms in total. The Balaban J connectivity index is 2.40. The number of hydrazine groups is 1. The van der Waals surface area contributed by atoms with Crippen molar-refractivity contribution in [3.63, 3.8) is 0 Å². The van der Waals surface area contributed by atoms with Gasteiger partial charge in [-0.05, 0) is 6.92 Å². The fraction of sp³-hybridized carbons (Fsp3) is 0.400. The Morgan fingerprint density at radius 1 is 1.33 bits per heavy atom. The third kappa shape index (κ3) is 3.78. The van der Waals surface area contributed by atoms with Gasteiger partial charge in [-0.25, -0.2) is 10.8 Å². The van der Waals surface area contributed by atoms with Gasteiger partial charge < -0.3 is 4.90 Å². The Morgan fingerprint density at radius 2 is 2.10 bits per heavy atom. The first-order valence-corrected chi connectivity index (χ1v) is 5.95. The van der Waals surface area contributed by atoms with Crippen molar-refractivity contribution in [2.24, 2.45) is 5.84 Å². The smallest absolute Gasteiger partial charge is 0.332 e. The molecular formula is C10H13F3N8. The minimum absolute atomic E-state index is 0.0377. The number of anilines is 2. The standard InChI is InChI=1S/C10H13F3N8/c1-2-20(5-10(11,12)13)8-16-7(19-14)17-9(18-8)21-4-3-15-6-21/h3-4,6H,2,5,14H2,1H3,(H,16,17,18,19). The van der Waals surface area contributed by atoms with Crippen molar-refractivity contribution in [2.45, 2.75) is 13.1 Å². The predicted molar refractivity (Wildman–Crippen MR) is 68.7 cm³/mol. The Kier molecular flexibility index (Phi) is 4.21. The summed E-state index contributed by atoms with van der Waals surface area (Å²) >= 11 is 0. The van der Waals surface area contributed by atoms with Crippen molar-refractivity contribution in [1.82, 2.24) is 24.5 Å².